The van der Waals surface area contributed by atoms with E-state index in [9.17, 15) is 9.59 Å². The minimum Gasteiger partial charge on any atom is -0.468 e. The zero-order valence-electron chi connectivity index (χ0n) is 14.7. The molecular weight excluding hydrogens is 296 g/mol. The zero-order chi connectivity index (χ0) is 17.1. The summed E-state index contributed by atoms with van der Waals surface area (Å²) in [6.07, 6.45) is 5.41. The van der Waals surface area contributed by atoms with E-state index in [1.807, 2.05) is 20.8 Å². The van der Waals surface area contributed by atoms with Gasteiger partial charge < -0.3 is 20.1 Å². The molecule has 0 aromatic rings. The summed E-state index contributed by atoms with van der Waals surface area (Å²) in [7, 11) is 1.44. The Labute approximate surface area is 138 Å². The Hall–Kier alpha value is -1.30. The lowest BCUT2D eigenvalue weighted by molar-refractivity contribution is -0.144. The van der Waals surface area contributed by atoms with Crippen molar-refractivity contribution < 1.29 is 19.1 Å². The predicted octanol–water partition coefficient (Wildman–Crippen LogP) is 2.37. The van der Waals surface area contributed by atoms with Crippen molar-refractivity contribution in [2.45, 2.75) is 76.5 Å². The molecule has 2 aliphatic carbocycles. The summed E-state index contributed by atoms with van der Waals surface area (Å²) < 4.78 is 10.1. The maximum atomic E-state index is 11.8. The number of amides is 1. The number of alkyl carbamates (subject to hydrolysis) is 1. The summed E-state index contributed by atoms with van der Waals surface area (Å²) in [4.78, 5) is 23.5. The van der Waals surface area contributed by atoms with Gasteiger partial charge in [-0.1, -0.05) is 0 Å². The summed E-state index contributed by atoms with van der Waals surface area (Å²) in [6.45, 7) is 6.44. The van der Waals surface area contributed by atoms with Crippen LogP contribution in [-0.4, -0.2) is 42.9 Å². The highest BCUT2D eigenvalue weighted by atomic mass is 16.6. The summed E-state index contributed by atoms with van der Waals surface area (Å²) >= 11 is 0. The molecule has 2 fully saturated rings. The van der Waals surface area contributed by atoms with Gasteiger partial charge in [0.15, 0.2) is 0 Å². The molecule has 0 atom stereocenters. The molecule has 23 heavy (non-hydrogen) atoms. The first kappa shape index (κ1) is 18.0. The molecular formula is C17H30N2O4. The van der Waals surface area contributed by atoms with Crippen molar-refractivity contribution in [1.82, 2.24) is 10.6 Å². The van der Waals surface area contributed by atoms with Gasteiger partial charge in [0.1, 0.15) is 11.1 Å². The van der Waals surface area contributed by atoms with Crippen LogP contribution in [0.2, 0.25) is 0 Å². The monoisotopic (exact) mass is 326 g/mol. The molecule has 0 heterocycles. The molecule has 0 unspecified atom stereocenters. The first-order valence-electron chi connectivity index (χ1n) is 8.57. The van der Waals surface area contributed by atoms with Gasteiger partial charge in [0, 0.05) is 6.04 Å². The molecule has 6 nitrogen and oxygen atoms in total. The highest BCUT2D eigenvalue weighted by Gasteiger charge is 2.51. The first-order valence-corrected chi connectivity index (χ1v) is 8.57. The van der Waals surface area contributed by atoms with E-state index in [4.69, 9.17) is 9.47 Å². The van der Waals surface area contributed by atoms with Crippen molar-refractivity contribution in [1.29, 1.82) is 0 Å². The average Bonchev–Trinajstić information content (AvgIpc) is 3.25. The molecule has 2 rings (SSSR count). The number of carbonyl (C=O) groups excluding carboxylic acids is 2. The van der Waals surface area contributed by atoms with Crippen LogP contribution in [0, 0.1) is 5.92 Å². The van der Waals surface area contributed by atoms with Crippen LogP contribution < -0.4 is 10.6 Å². The molecule has 6 heteroatoms. The highest BCUT2D eigenvalue weighted by molar-refractivity contribution is 5.84. The van der Waals surface area contributed by atoms with Crippen LogP contribution in [-0.2, 0) is 14.3 Å². The van der Waals surface area contributed by atoms with Gasteiger partial charge >= 0.3 is 12.1 Å². The van der Waals surface area contributed by atoms with Crippen LogP contribution in [0.4, 0.5) is 4.79 Å². The number of ether oxygens (including phenoxy) is 2. The molecule has 2 aliphatic rings. The number of esters is 1. The van der Waals surface area contributed by atoms with Crippen molar-refractivity contribution in [3.63, 3.8) is 0 Å². The van der Waals surface area contributed by atoms with Crippen molar-refractivity contribution in [2.24, 2.45) is 5.92 Å². The lowest BCUT2D eigenvalue weighted by Crippen LogP contribution is -2.45. The molecule has 0 aliphatic heterocycles. The Bertz CT molecular complexity index is 432. The van der Waals surface area contributed by atoms with Crippen LogP contribution in [0.3, 0.4) is 0 Å². The Balaban J connectivity index is 1.66. The van der Waals surface area contributed by atoms with Gasteiger partial charge in [0.05, 0.1) is 7.11 Å². The molecule has 2 saturated carbocycles. The number of carbonyl (C=O) groups is 2. The molecule has 0 spiro atoms. The lowest BCUT2D eigenvalue weighted by atomic mass is 9.86. The Kier molecular flexibility index (Phi) is 5.55. The van der Waals surface area contributed by atoms with E-state index in [2.05, 4.69) is 10.6 Å². The molecule has 132 valence electrons. The van der Waals surface area contributed by atoms with E-state index >= 15 is 0 Å². The van der Waals surface area contributed by atoms with E-state index in [-0.39, 0.29) is 18.1 Å². The maximum Gasteiger partial charge on any atom is 0.407 e. The van der Waals surface area contributed by atoms with E-state index < -0.39 is 11.1 Å². The minimum absolute atomic E-state index is 0.141. The molecule has 0 saturated heterocycles. The number of hydrogen-bond acceptors (Lipinski definition) is 5. The van der Waals surface area contributed by atoms with Gasteiger partial charge in [-0.2, -0.15) is 0 Å². The second-order valence-corrected chi connectivity index (χ2v) is 7.82. The number of methoxy groups -OCH3 is 1. The quantitative estimate of drug-likeness (QED) is 0.759. The van der Waals surface area contributed by atoms with Crippen LogP contribution in [0.5, 0.6) is 0 Å². The van der Waals surface area contributed by atoms with Gasteiger partial charge in [0.25, 0.3) is 0 Å². The Morgan fingerprint density at radius 2 is 1.74 bits per heavy atom. The molecule has 1 amide bonds. The van der Waals surface area contributed by atoms with E-state index in [0.717, 1.165) is 45.1 Å². The highest BCUT2D eigenvalue weighted by Crippen LogP contribution is 2.37. The SMILES string of the molecule is COC(=O)C1(NCC2CCC(NC(=O)OC(C)(C)C)CC2)CC1. The summed E-state index contributed by atoms with van der Waals surface area (Å²) in [5, 5.41) is 6.34. The molecule has 0 aromatic carbocycles. The topological polar surface area (TPSA) is 76.7 Å². The summed E-state index contributed by atoms with van der Waals surface area (Å²) in [5.74, 6) is 0.409. The smallest absolute Gasteiger partial charge is 0.407 e. The minimum atomic E-state index is -0.461. The Morgan fingerprint density at radius 3 is 2.22 bits per heavy atom. The normalized spacial score (nSPS) is 26.3. The number of rotatable bonds is 5. The van der Waals surface area contributed by atoms with E-state index in [0.29, 0.717) is 5.92 Å². The third kappa shape index (κ3) is 5.37. The van der Waals surface area contributed by atoms with Crippen LogP contribution >= 0.6 is 0 Å². The Morgan fingerprint density at radius 1 is 1.13 bits per heavy atom. The van der Waals surface area contributed by atoms with Crippen LogP contribution in [0.1, 0.15) is 59.3 Å². The first-order chi connectivity index (χ1) is 10.7. The maximum absolute atomic E-state index is 11.8. The molecule has 2 N–H and O–H groups in total. The van der Waals surface area contributed by atoms with Gasteiger partial charge in [-0.3, -0.25) is 4.79 Å². The fourth-order valence-corrected chi connectivity index (χ4v) is 3.10. The molecule has 0 radical (unpaired) electrons. The van der Waals surface area contributed by atoms with Crippen LogP contribution in [0.15, 0.2) is 0 Å². The second-order valence-electron chi connectivity index (χ2n) is 7.82. The predicted molar refractivity (Wildman–Crippen MR) is 87.1 cm³/mol. The van der Waals surface area contributed by atoms with E-state index in [1.54, 1.807) is 0 Å². The van der Waals surface area contributed by atoms with Crippen molar-refractivity contribution in [3.05, 3.63) is 0 Å². The van der Waals surface area contributed by atoms with Crippen molar-refractivity contribution in [2.75, 3.05) is 13.7 Å². The van der Waals surface area contributed by atoms with Gasteiger partial charge in [-0.05, 0) is 71.8 Å². The molecule has 0 bridgehead atoms. The largest absolute Gasteiger partial charge is 0.468 e. The standard InChI is InChI=1S/C17H30N2O4/c1-16(2,3)23-15(21)19-13-7-5-12(6-8-13)11-18-17(9-10-17)14(20)22-4/h12-13,18H,5-11H2,1-4H3,(H,19,21). The van der Waals surface area contributed by atoms with Crippen LogP contribution in [0.25, 0.3) is 0 Å². The average molecular weight is 326 g/mol. The lowest BCUT2D eigenvalue weighted by Gasteiger charge is -2.31. The van der Waals surface area contributed by atoms with Gasteiger partial charge in [0.2, 0.25) is 0 Å². The van der Waals surface area contributed by atoms with Crippen molar-refractivity contribution >= 4 is 12.1 Å². The number of hydrogen-bond donors (Lipinski definition) is 2. The van der Waals surface area contributed by atoms with E-state index in [1.165, 1.54) is 7.11 Å². The van der Waals surface area contributed by atoms with Crippen molar-refractivity contribution in [3.8, 4) is 0 Å². The summed E-state index contributed by atoms with van der Waals surface area (Å²) in [5.41, 5.74) is -0.877. The fraction of sp³-hybridized carbons (Fsp3) is 0.882. The number of nitrogens with one attached hydrogen (secondary N) is 2. The molecule has 0 aromatic heterocycles. The fourth-order valence-electron chi connectivity index (χ4n) is 3.10. The third-order valence-corrected chi connectivity index (χ3v) is 4.62. The van der Waals surface area contributed by atoms with Gasteiger partial charge in [-0.25, -0.2) is 4.79 Å². The zero-order valence-corrected chi connectivity index (χ0v) is 14.7. The second kappa shape index (κ2) is 7.07. The third-order valence-electron chi connectivity index (χ3n) is 4.62. The van der Waals surface area contributed by atoms with Gasteiger partial charge in [-0.15, -0.1) is 0 Å². The summed E-state index contributed by atoms with van der Waals surface area (Å²) in [6, 6.07) is 0.191.